The number of carbonyl (C=O) groups is 5. The molecule has 370 valence electrons. The highest BCUT2D eigenvalue weighted by Crippen LogP contribution is 2.51. The van der Waals surface area contributed by atoms with Crippen LogP contribution in [0.3, 0.4) is 0 Å². The molecule has 0 radical (unpaired) electrons. The number of aliphatic carboxylic acids is 1. The quantitative estimate of drug-likeness (QED) is 0.0285. The van der Waals surface area contributed by atoms with Crippen LogP contribution >= 0.6 is 7.82 Å². The van der Waals surface area contributed by atoms with Crippen LogP contribution in [0.25, 0.3) is 0 Å². The molecule has 3 rings (SSSR count). The van der Waals surface area contributed by atoms with Crippen LogP contribution in [0, 0.1) is 0 Å². The molecule has 3 aliphatic heterocycles. The van der Waals surface area contributed by atoms with Crippen LogP contribution in [0.4, 0.5) is 9.59 Å². The number of nitrogens with zero attached hydrogens (tertiary/aromatic N) is 2. The molecule has 2 fully saturated rings. The predicted molar refractivity (Wildman–Crippen MR) is 214 cm³/mol. The van der Waals surface area contributed by atoms with Gasteiger partial charge in [-0.25, -0.2) is 28.5 Å². The summed E-state index contributed by atoms with van der Waals surface area (Å²) in [5.41, 5.74) is 5.62. The second kappa shape index (κ2) is 25.9. The third-order valence-electron chi connectivity index (χ3n) is 9.64. The van der Waals surface area contributed by atoms with Crippen LogP contribution in [-0.4, -0.2) is 215 Å². The molecule has 4 amide bonds. The fourth-order valence-corrected chi connectivity index (χ4v) is 7.27. The SMILES string of the molecule is C=C1N=C(N)C=CN1[C@@H]1OC(COP(=O)(O)OC2(C(=O)O)CC(O)C(NC(=O)CNC(=O)[C@H](CCCCNC(=O)OCCOC)NC(=O)OCCOC)C([C@H](O)[C@H](O)CO)O2)[C@@H](O)[C@H]1O. The monoisotopic (exact) mass is 959 g/mol. The Morgan fingerprint density at radius 2 is 1.69 bits per heavy atom. The zero-order chi connectivity index (χ0) is 48.5. The number of phosphoric acid groups is 1. The van der Waals surface area contributed by atoms with Crippen molar-refractivity contribution in [3.8, 4) is 0 Å². The number of amides is 4. The molecule has 0 aliphatic carbocycles. The van der Waals surface area contributed by atoms with Gasteiger partial charge in [0.25, 0.3) is 5.79 Å². The maximum atomic E-state index is 13.2. The molecule has 0 saturated carbocycles. The summed E-state index contributed by atoms with van der Waals surface area (Å²) in [6.07, 6.45) is -15.0. The molecule has 0 aromatic rings. The van der Waals surface area contributed by atoms with Gasteiger partial charge in [0, 0.05) is 33.4 Å². The van der Waals surface area contributed by atoms with Crippen LogP contribution in [0.1, 0.15) is 25.7 Å². The van der Waals surface area contributed by atoms with Gasteiger partial charge in [0.15, 0.2) is 6.23 Å². The molecule has 0 spiro atoms. The van der Waals surface area contributed by atoms with Crippen molar-refractivity contribution in [3.63, 3.8) is 0 Å². The predicted octanol–water partition coefficient (Wildman–Crippen LogP) is -5.25. The molecule has 0 aromatic heterocycles. The van der Waals surface area contributed by atoms with Gasteiger partial charge in [0.1, 0.15) is 67.5 Å². The summed E-state index contributed by atoms with van der Waals surface area (Å²) in [4.78, 5) is 79.0. The summed E-state index contributed by atoms with van der Waals surface area (Å²) >= 11 is 0. The van der Waals surface area contributed by atoms with Crippen LogP contribution < -0.4 is 27.0 Å². The molecule has 2 saturated heterocycles. The van der Waals surface area contributed by atoms with Gasteiger partial charge in [-0.1, -0.05) is 6.58 Å². The molecule has 0 bridgehead atoms. The first-order valence-electron chi connectivity index (χ1n) is 19.8. The maximum Gasteiger partial charge on any atom is 0.475 e. The number of aliphatic hydroxyl groups excluding tert-OH is 6. The Bertz CT molecular complexity index is 1750. The fourth-order valence-electron chi connectivity index (χ4n) is 6.31. The van der Waals surface area contributed by atoms with E-state index in [1.807, 2.05) is 0 Å². The van der Waals surface area contributed by atoms with Crippen molar-refractivity contribution in [2.75, 3.05) is 67.0 Å². The molecular formula is C35H58N7O22P. The lowest BCUT2D eigenvalue weighted by molar-refractivity contribution is -0.289. The summed E-state index contributed by atoms with van der Waals surface area (Å²) in [7, 11) is -2.86. The van der Waals surface area contributed by atoms with E-state index in [9.17, 15) is 69.2 Å². The van der Waals surface area contributed by atoms with Crippen molar-refractivity contribution in [1.82, 2.24) is 26.2 Å². The zero-order valence-electron chi connectivity index (χ0n) is 35.3. The Morgan fingerprint density at radius 3 is 2.31 bits per heavy atom. The minimum Gasteiger partial charge on any atom is -0.477 e. The van der Waals surface area contributed by atoms with Crippen LogP contribution in [-0.2, 0) is 56.4 Å². The Morgan fingerprint density at radius 1 is 1.03 bits per heavy atom. The number of nitrogens with one attached hydrogen (secondary N) is 4. The number of alkyl carbamates (subject to hydrolysis) is 2. The summed E-state index contributed by atoms with van der Waals surface area (Å²) in [5, 5.41) is 82.7. The topological polar surface area (TPSA) is 428 Å². The average Bonchev–Trinajstić information content (AvgIpc) is 3.53. The van der Waals surface area contributed by atoms with E-state index >= 15 is 0 Å². The Balaban J connectivity index is 1.68. The van der Waals surface area contributed by atoms with Gasteiger partial charge in [0.05, 0.1) is 45.1 Å². The molecule has 3 heterocycles. The van der Waals surface area contributed by atoms with E-state index in [4.69, 9.17) is 43.2 Å². The molecule has 0 aromatic carbocycles. The number of hydrogen-bond acceptors (Lipinski definition) is 23. The second-order valence-electron chi connectivity index (χ2n) is 14.4. The molecular weight excluding hydrogens is 901 g/mol. The number of methoxy groups -OCH3 is 2. The lowest BCUT2D eigenvalue weighted by Gasteiger charge is -2.46. The number of hydrogen-bond donors (Lipinski definition) is 13. The van der Waals surface area contributed by atoms with Crippen molar-refractivity contribution < 1.29 is 107 Å². The van der Waals surface area contributed by atoms with Gasteiger partial charge in [-0.05, 0) is 25.3 Å². The Labute approximate surface area is 371 Å². The van der Waals surface area contributed by atoms with E-state index < -0.39 is 131 Å². The highest BCUT2D eigenvalue weighted by atomic mass is 31.2. The van der Waals surface area contributed by atoms with Gasteiger partial charge < -0.3 is 101 Å². The number of amidine groups is 1. The van der Waals surface area contributed by atoms with Crippen molar-refractivity contribution in [2.45, 2.75) is 92.5 Å². The summed E-state index contributed by atoms with van der Waals surface area (Å²) < 4.78 is 53.5. The third kappa shape index (κ3) is 16.4. The molecule has 3 aliphatic rings. The minimum atomic E-state index is -5.66. The number of unbranched alkanes of at least 4 members (excludes halogenated alkanes) is 1. The van der Waals surface area contributed by atoms with Gasteiger partial charge in [-0.3, -0.25) is 14.1 Å². The molecule has 6 unspecified atom stereocenters. The molecule has 29 nitrogen and oxygen atoms in total. The number of carboxylic acid groups (broad SMARTS) is 1. The normalized spacial score (nSPS) is 27.6. The lowest BCUT2D eigenvalue weighted by Crippen LogP contribution is -2.68. The van der Waals surface area contributed by atoms with E-state index in [1.165, 1.54) is 31.4 Å². The third-order valence-corrected chi connectivity index (χ3v) is 10.6. The van der Waals surface area contributed by atoms with Crippen LogP contribution in [0.2, 0.25) is 0 Å². The summed E-state index contributed by atoms with van der Waals surface area (Å²) in [5.74, 6) is -7.50. The van der Waals surface area contributed by atoms with Crippen molar-refractivity contribution in [3.05, 3.63) is 24.7 Å². The molecule has 65 heavy (non-hydrogen) atoms. The Hall–Kier alpha value is -4.59. The highest BCUT2D eigenvalue weighted by molar-refractivity contribution is 7.47. The summed E-state index contributed by atoms with van der Waals surface area (Å²) in [6, 6.07) is -3.17. The van der Waals surface area contributed by atoms with Crippen molar-refractivity contribution in [1.29, 1.82) is 0 Å². The van der Waals surface area contributed by atoms with E-state index in [0.717, 1.165) is 0 Å². The van der Waals surface area contributed by atoms with E-state index in [-0.39, 0.29) is 57.5 Å². The van der Waals surface area contributed by atoms with Gasteiger partial charge >= 0.3 is 26.0 Å². The molecule has 30 heteroatoms. The number of ether oxygens (including phenoxy) is 6. The number of carboxylic acids is 1. The second-order valence-corrected chi connectivity index (χ2v) is 15.8. The molecule has 12 atom stereocenters. The summed E-state index contributed by atoms with van der Waals surface area (Å²) in [6.45, 7) is 0.804. The number of nitrogens with two attached hydrogens (primary N) is 1. The number of phosphoric ester groups is 1. The van der Waals surface area contributed by atoms with Gasteiger partial charge in [-0.2, -0.15) is 0 Å². The van der Waals surface area contributed by atoms with Gasteiger partial charge in [-0.15, -0.1) is 0 Å². The maximum absolute atomic E-state index is 13.2. The Kier molecular flexibility index (Phi) is 21.8. The largest absolute Gasteiger partial charge is 0.477 e. The molecule has 14 N–H and O–H groups in total. The first kappa shape index (κ1) is 54.7. The number of aliphatic imine (C=N–C) groups is 1. The van der Waals surface area contributed by atoms with Crippen molar-refractivity contribution in [2.24, 2.45) is 10.7 Å². The standard InChI is InChI=1S/C35H58N7O22P/c1-18-39-23(36)7-9-42(18)31-28(49)27(48)22(62-31)17-61-65(55,56)64-35(32(51)52)14-20(44)25(29(63-35)26(47)21(45)16-43)41-24(46)15-38-30(50)19(40-34(54)60-13-11-58-3)6-4-5-8-37-33(53)59-12-10-57-2/h7,9,19-22,25-29,31,43-45,47-49H,1,4-6,8,10-17H2,2-3H3,(H2,36,39)(H,37,53)(H,38,50)(H,40,54)(H,41,46)(H,51,52)(H,55,56)/t19-,20?,21+,22?,25?,26+,27+,28+,29?,31+,35?/m0/s1. The van der Waals surface area contributed by atoms with Gasteiger partial charge in [0.2, 0.25) is 11.8 Å². The van der Waals surface area contributed by atoms with E-state index in [2.05, 4.69) is 32.8 Å². The minimum absolute atomic E-state index is 0.00467. The first-order valence-corrected chi connectivity index (χ1v) is 21.3. The number of carbonyl (C=O) groups excluding carboxylic acids is 4. The number of aliphatic hydroxyl groups is 6. The number of rotatable bonds is 26. The van der Waals surface area contributed by atoms with E-state index in [1.54, 1.807) is 0 Å². The highest BCUT2D eigenvalue weighted by Gasteiger charge is 2.59. The average molecular weight is 960 g/mol. The van der Waals surface area contributed by atoms with Crippen LogP contribution in [0.5, 0.6) is 0 Å². The van der Waals surface area contributed by atoms with Crippen LogP contribution in [0.15, 0.2) is 29.7 Å². The smallest absolute Gasteiger partial charge is 0.475 e. The lowest BCUT2D eigenvalue weighted by atomic mass is 9.88. The van der Waals surface area contributed by atoms with Crippen molar-refractivity contribution >= 4 is 43.6 Å². The fraction of sp³-hybridized carbons (Fsp3) is 0.714. The zero-order valence-corrected chi connectivity index (χ0v) is 36.2. The van der Waals surface area contributed by atoms with E-state index in [0.29, 0.717) is 6.42 Å². The first-order chi connectivity index (χ1) is 30.7.